The van der Waals surface area contributed by atoms with Gasteiger partial charge in [-0.3, -0.25) is 4.98 Å². The van der Waals surface area contributed by atoms with Gasteiger partial charge in [0.15, 0.2) is 0 Å². The third-order valence-electron chi connectivity index (χ3n) is 5.93. The largest absolute Gasteiger partial charge is 0.351 e. The summed E-state index contributed by atoms with van der Waals surface area (Å²) >= 11 is 0. The van der Waals surface area contributed by atoms with Crippen molar-refractivity contribution in [2.45, 2.75) is 0 Å². The Labute approximate surface area is 187 Å². The topological polar surface area (TPSA) is 44.9 Å². The van der Waals surface area contributed by atoms with E-state index in [9.17, 15) is 5.26 Å². The molecule has 0 bridgehead atoms. The van der Waals surface area contributed by atoms with Crippen LogP contribution in [0.1, 0.15) is 5.56 Å². The summed E-state index contributed by atoms with van der Waals surface area (Å²) in [5, 5.41) is 11.1. The lowest BCUT2D eigenvalue weighted by Crippen LogP contribution is -2.13. The second kappa shape index (κ2) is 8.05. The molecule has 0 unspecified atom stereocenters. The van der Waals surface area contributed by atoms with Gasteiger partial charge in [-0.1, -0.05) is 54.6 Å². The molecule has 0 aliphatic heterocycles. The van der Waals surface area contributed by atoms with Gasteiger partial charge < -0.3 is 9.47 Å². The van der Waals surface area contributed by atoms with Gasteiger partial charge in [0.25, 0.3) is 0 Å². The number of nitriles is 1. The van der Waals surface area contributed by atoms with Gasteiger partial charge in [-0.25, -0.2) is 0 Å². The lowest BCUT2D eigenvalue weighted by atomic mass is 9.93. The molecule has 0 fully saturated rings. The lowest BCUT2D eigenvalue weighted by molar-refractivity contribution is 0.969. The minimum Gasteiger partial charge on any atom is -0.351 e. The van der Waals surface area contributed by atoms with Gasteiger partial charge in [0, 0.05) is 54.8 Å². The molecule has 0 saturated heterocycles. The summed E-state index contributed by atoms with van der Waals surface area (Å²) in [7, 11) is 4.05. The summed E-state index contributed by atoms with van der Waals surface area (Å²) in [6.45, 7) is 0. The highest BCUT2D eigenvalue weighted by Crippen LogP contribution is 2.41. The van der Waals surface area contributed by atoms with E-state index >= 15 is 0 Å². The summed E-state index contributed by atoms with van der Waals surface area (Å²) in [6.07, 6.45) is 5.56. The molecule has 5 rings (SSSR count). The van der Waals surface area contributed by atoms with Gasteiger partial charge in [-0.2, -0.15) is 5.26 Å². The number of aryl methyl sites for hydroxylation is 1. The van der Waals surface area contributed by atoms with Gasteiger partial charge in [0.05, 0.1) is 11.3 Å². The number of nitrogens with zero attached hydrogens (tertiary/aromatic N) is 4. The molecule has 0 spiro atoms. The van der Waals surface area contributed by atoms with Crippen LogP contribution in [-0.4, -0.2) is 16.6 Å². The first kappa shape index (κ1) is 19.6. The predicted octanol–water partition coefficient (Wildman–Crippen LogP) is 6.55. The van der Waals surface area contributed by atoms with Crippen LogP contribution in [0.4, 0.5) is 11.4 Å². The molecule has 0 aliphatic carbocycles. The molecule has 0 aliphatic rings. The number of rotatable bonds is 4. The summed E-state index contributed by atoms with van der Waals surface area (Å²) in [5.41, 5.74) is 7.80. The Balaban J connectivity index is 1.71. The van der Waals surface area contributed by atoms with Crippen molar-refractivity contribution in [3.63, 3.8) is 0 Å². The molecule has 0 saturated carbocycles. The molecule has 154 valence electrons. The van der Waals surface area contributed by atoms with Crippen LogP contribution in [0.5, 0.6) is 0 Å². The monoisotopic (exact) mass is 414 g/mol. The minimum atomic E-state index is 0.543. The van der Waals surface area contributed by atoms with E-state index in [2.05, 4.69) is 75.2 Å². The molecular weight excluding hydrogens is 392 g/mol. The highest BCUT2D eigenvalue weighted by molar-refractivity contribution is 5.94. The van der Waals surface area contributed by atoms with E-state index < -0.39 is 0 Å². The summed E-state index contributed by atoms with van der Waals surface area (Å²) in [5.74, 6) is 0. The molecule has 2 heterocycles. The van der Waals surface area contributed by atoms with E-state index in [1.165, 1.54) is 5.52 Å². The molecule has 3 aromatic carbocycles. The standard InChI is InChI=1S/C28H22N4/c1-31-15-14-21-16-23(12-13-27(21)31)32(2)28-22(17-29)18-30-19-26(28)25-11-7-6-10-24(25)20-8-4-3-5-9-20/h3-16,18-19H,1-2H3. The van der Waals surface area contributed by atoms with Gasteiger partial charge in [-0.15, -0.1) is 0 Å². The fourth-order valence-corrected chi connectivity index (χ4v) is 4.29. The Bertz CT molecular complexity index is 1460. The van der Waals surface area contributed by atoms with E-state index in [-0.39, 0.29) is 0 Å². The quantitative estimate of drug-likeness (QED) is 0.335. The number of anilines is 2. The number of aromatic nitrogens is 2. The first-order valence-corrected chi connectivity index (χ1v) is 10.5. The maximum atomic E-state index is 9.93. The molecule has 5 aromatic rings. The fraction of sp³-hybridized carbons (Fsp3) is 0.0714. The average Bonchev–Trinajstić information content (AvgIpc) is 3.23. The van der Waals surface area contributed by atoms with Crippen molar-refractivity contribution in [1.29, 1.82) is 5.26 Å². The lowest BCUT2D eigenvalue weighted by Gasteiger charge is -2.25. The number of hydrogen-bond acceptors (Lipinski definition) is 3. The molecule has 0 amide bonds. The van der Waals surface area contributed by atoms with Gasteiger partial charge >= 0.3 is 0 Å². The third-order valence-corrected chi connectivity index (χ3v) is 5.93. The number of benzene rings is 3. The zero-order chi connectivity index (χ0) is 22.1. The average molecular weight is 415 g/mol. The Hall–Kier alpha value is -4.36. The second-order valence-corrected chi connectivity index (χ2v) is 7.84. The van der Waals surface area contributed by atoms with Crippen LogP contribution < -0.4 is 4.90 Å². The fourth-order valence-electron chi connectivity index (χ4n) is 4.29. The number of fused-ring (bicyclic) bond motifs is 1. The van der Waals surface area contributed by atoms with Crippen LogP contribution in [-0.2, 0) is 7.05 Å². The zero-order valence-corrected chi connectivity index (χ0v) is 18.0. The van der Waals surface area contributed by atoms with E-state index in [0.717, 1.165) is 39.0 Å². The van der Waals surface area contributed by atoms with Crippen LogP contribution in [0.3, 0.4) is 0 Å². The van der Waals surface area contributed by atoms with E-state index in [4.69, 9.17) is 0 Å². The van der Waals surface area contributed by atoms with Crippen LogP contribution >= 0.6 is 0 Å². The zero-order valence-electron chi connectivity index (χ0n) is 18.0. The predicted molar refractivity (Wildman–Crippen MR) is 131 cm³/mol. The first-order valence-electron chi connectivity index (χ1n) is 10.5. The van der Waals surface area contributed by atoms with Crippen molar-refractivity contribution in [2.24, 2.45) is 7.05 Å². The SMILES string of the molecule is CN(c1ccc2c(ccn2C)c1)c1c(C#N)cncc1-c1ccccc1-c1ccccc1. The number of hydrogen-bond donors (Lipinski definition) is 0. The smallest absolute Gasteiger partial charge is 0.103 e. The highest BCUT2D eigenvalue weighted by atomic mass is 15.1. The van der Waals surface area contributed by atoms with Crippen LogP contribution in [0.2, 0.25) is 0 Å². The maximum absolute atomic E-state index is 9.93. The Kier molecular flexibility index (Phi) is 4.93. The first-order chi connectivity index (χ1) is 15.7. The molecule has 0 radical (unpaired) electrons. The Morgan fingerprint density at radius 1 is 0.844 bits per heavy atom. The summed E-state index contributed by atoms with van der Waals surface area (Å²) < 4.78 is 2.10. The van der Waals surface area contributed by atoms with Crippen molar-refractivity contribution >= 4 is 22.3 Å². The summed E-state index contributed by atoms with van der Waals surface area (Å²) in [4.78, 5) is 6.49. The van der Waals surface area contributed by atoms with Crippen molar-refractivity contribution in [3.05, 3.63) is 103 Å². The molecule has 4 heteroatoms. The Morgan fingerprint density at radius 2 is 1.59 bits per heavy atom. The van der Waals surface area contributed by atoms with E-state index in [0.29, 0.717) is 5.56 Å². The van der Waals surface area contributed by atoms with Crippen molar-refractivity contribution in [1.82, 2.24) is 9.55 Å². The molecule has 32 heavy (non-hydrogen) atoms. The van der Waals surface area contributed by atoms with Crippen LogP contribution in [0.25, 0.3) is 33.2 Å². The summed E-state index contributed by atoms with van der Waals surface area (Å²) in [6, 6.07) is 29.4. The molecular formula is C28H22N4. The van der Waals surface area contributed by atoms with Crippen LogP contribution in [0.15, 0.2) is 97.5 Å². The van der Waals surface area contributed by atoms with E-state index in [1.807, 2.05) is 50.6 Å². The second-order valence-electron chi connectivity index (χ2n) is 7.84. The van der Waals surface area contributed by atoms with Gasteiger partial charge in [0.2, 0.25) is 0 Å². The minimum absolute atomic E-state index is 0.543. The van der Waals surface area contributed by atoms with Crippen molar-refractivity contribution < 1.29 is 0 Å². The molecule has 0 N–H and O–H groups in total. The van der Waals surface area contributed by atoms with Crippen molar-refractivity contribution in [2.75, 3.05) is 11.9 Å². The highest BCUT2D eigenvalue weighted by Gasteiger charge is 2.19. The normalized spacial score (nSPS) is 10.8. The molecule has 2 aromatic heterocycles. The van der Waals surface area contributed by atoms with E-state index in [1.54, 1.807) is 6.20 Å². The third kappa shape index (κ3) is 3.30. The Morgan fingerprint density at radius 3 is 2.38 bits per heavy atom. The van der Waals surface area contributed by atoms with Crippen molar-refractivity contribution in [3.8, 4) is 28.3 Å². The molecule has 0 atom stereocenters. The molecule has 4 nitrogen and oxygen atoms in total. The van der Waals surface area contributed by atoms with Crippen LogP contribution in [0, 0.1) is 11.3 Å². The number of pyridine rings is 1. The van der Waals surface area contributed by atoms with Gasteiger partial charge in [0.1, 0.15) is 6.07 Å². The maximum Gasteiger partial charge on any atom is 0.103 e. The van der Waals surface area contributed by atoms with Gasteiger partial charge in [-0.05, 0) is 41.0 Å².